The van der Waals surface area contributed by atoms with Crippen molar-refractivity contribution in [3.8, 4) is 0 Å². The number of anilines is 3. The van der Waals surface area contributed by atoms with Crippen molar-refractivity contribution in [2.45, 2.75) is 44.7 Å². The number of nitrogens with two attached hydrogens (primary N) is 1. The molecule has 0 saturated carbocycles. The second-order valence-corrected chi connectivity index (χ2v) is 10.7. The van der Waals surface area contributed by atoms with Crippen molar-refractivity contribution in [2.75, 3.05) is 68.9 Å². The van der Waals surface area contributed by atoms with E-state index in [0.29, 0.717) is 54.6 Å². The van der Waals surface area contributed by atoms with Crippen LogP contribution >= 0.6 is 23.2 Å². The number of amides is 2. The highest BCUT2D eigenvalue weighted by molar-refractivity contribution is 6.32. The summed E-state index contributed by atoms with van der Waals surface area (Å²) in [6.45, 7) is 5.60. The number of carbonyl (C=O) groups is 2. The van der Waals surface area contributed by atoms with Gasteiger partial charge < -0.3 is 31.3 Å². The third-order valence-corrected chi connectivity index (χ3v) is 7.94. The molecular formula is C26H37Cl2N9O3. The molecule has 1 atom stereocenters. The van der Waals surface area contributed by atoms with Crippen LogP contribution < -0.4 is 21.3 Å². The molecule has 5 N–H and O–H groups in total. The van der Waals surface area contributed by atoms with Gasteiger partial charge >= 0.3 is 0 Å². The Kier molecular flexibility index (Phi) is 10.2. The molecule has 2 aromatic heterocycles. The number of aliphatic hydroxyl groups excluding tert-OH is 1. The van der Waals surface area contributed by atoms with Crippen molar-refractivity contribution in [1.82, 2.24) is 30.1 Å². The largest absolute Gasteiger partial charge is 0.395 e. The molecule has 2 saturated heterocycles. The van der Waals surface area contributed by atoms with Gasteiger partial charge in [0.1, 0.15) is 11.0 Å². The van der Waals surface area contributed by atoms with Crippen molar-refractivity contribution >= 4 is 52.5 Å². The number of pyridine rings is 1. The summed E-state index contributed by atoms with van der Waals surface area (Å²) < 4.78 is 0. The van der Waals surface area contributed by atoms with Crippen molar-refractivity contribution in [2.24, 2.45) is 0 Å². The van der Waals surface area contributed by atoms with E-state index in [9.17, 15) is 9.59 Å². The molecule has 2 fully saturated rings. The Hall–Kier alpha value is -2.93. The van der Waals surface area contributed by atoms with Gasteiger partial charge in [-0.3, -0.25) is 14.5 Å². The van der Waals surface area contributed by atoms with Crippen LogP contribution in [0.2, 0.25) is 10.3 Å². The lowest BCUT2D eigenvalue weighted by atomic mass is 9.97. The summed E-state index contributed by atoms with van der Waals surface area (Å²) in [6.07, 6.45) is 3.79. The Morgan fingerprint density at radius 3 is 2.55 bits per heavy atom. The predicted octanol–water partition coefficient (Wildman–Crippen LogP) is 2.12. The highest BCUT2D eigenvalue weighted by atomic mass is 35.5. The molecule has 4 rings (SSSR count). The van der Waals surface area contributed by atoms with Crippen molar-refractivity contribution in [1.29, 1.82) is 0 Å². The van der Waals surface area contributed by atoms with Crippen molar-refractivity contribution in [3.05, 3.63) is 33.7 Å². The van der Waals surface area contributed by atoms with Crippen LogP contribution in [0.5, 0.6) is 0 Å². The zero-order chi connectivity index (χ0) is 28.8. The van der Waals surface area contributed by atoms with E-state index in [4.69, 9.17) is 34.0 Å². The number of likely N-dealkylation sites (tertiary alicyclic amines) is 1. The molecule has 12 nitrogen and oxygen atoms in total. The minimum absolute atomic E-state index is 0.00123. The summed E-state index contributed by atoms with van der Waals surface area (Å²) in [4.78, 5) is 45.0. The van der Waals surface area contributed by atoms with E-state index >= 15 is 0 Å². The van der Waals surface area contributed by atoms with E-state index in [1.54, 1.807) is 19.2 Å². The summed E-state index contributed by atoms with van der Waals surface area (Å²) in [7, 11) is 1.73. The van der Waals surface area contributed by atoms with Gasteiger partial charge in [-0.05, 0) is 31.4 Å². The second-order valence-electron chi connectivity index (χ2n) is 9.98. The van der Waals surface area contributed by atoms with Crippen LogP contribution in [0.25, 0.3) is 0 Å². The number of nitrogens with one attached hydrogen (secondary N) is 2. The summed E-state index contributed by atoms with van der Waals surface area (Å²) in [5.41, 5.74) is 6.55. The number of piperazine rings is 1. The molecule has 2 aliphatic rings. The van der Waals surface area contributed by atoms with Crippen LogP contribution in [0.3, 0.4) is 0 Å². The van der Waals surface area contributed by atoms with Crippen molar-refractivity contribution in [3.63, 3.8) is 0 Å². The van der Waals surface area contributed by atoms with E-state index in [-0.39, 0.29) is 41.8 Å². The molecule has 4 heterocycles. The summed E-state index contributed by atoms with van der Waals surface area (Å²) in [5.74, 6) is 0.385. The van der Waals surface area contributed by atoms with Crippen LogP contribution in [0.4, 0.5) is 17.5 Å². The molecule has 14 heteroatoms. The standard InChI is InChI=1S/C26H37Cl2N9O3/c1-3-4-17-15-36(24-21(28)33-20(22(29)34-24)25(39)31-9-14-38)12-13-37(17)16-7-10-35(11-8-16)26(40)18-5-6-19(27)32-23(18)30-2/h5-6,16-17,38H,3-4,7-15H2,1-2H3,(H2,29,34)(H,30,32)(H,31,39)/t17-/m0/s1. The van der Waals surface area contributed by atoms with E-state index in [2.05, 4.69) is 42.3 Å². The minimum Gasteiger partial charge on any atom is -0.395 e. The smallest absolute Gasteiger partial charge is 0.273 e. The molecule has 40 heavy (non-hydrogen) atoms. The van der Waals surface area contributed by atoms with Gasteiger partial charge in [0.05, 0.1) is 12.2 Å². The predicted molar refractivity (Wildman–Crippen MR) is 156 cm³/mol. The monoisotopic (exact) mass is 593 g/mol. The zero-order valence-corrected chi connectivity index (χ0v) is 24.4. The number of aromatic nitrogens is 3. The maximum atomic E-state index is 13.2. The number of carbonyl (C=O) groups excluding carboxylic acids is 2. The number of nitrogen functional groups attached to an aromatic ring is 1. The number of aliphatic hydroxyl groups is 1. The lowest BCUT2D eigenvalue weighted by Crippen LogP contribution is -2.59. The highest BCUT2D eigenvalue weighted by Gasteiger charge is 2.36. The molecule has 0 unspecified atom stereocenters. The molecule has 0 aromatic carbocycles. The number of hydrogen-bond acceptors (Lipinski definition) is 10. The fraction of sp³-hybridized carbons (Fsp3) is 0.577. The van der Waals surface area contributed by atoms with Gasteiger partial charge in [0.2, 0.25) is 0 Å². The molecule has 218 valence electrons. The zero-order valence-electron chi connectivity index (χ0n) is 22.9. The van der Waals surface area contributed by atoms with Crippen LogP contribution in [-0.2, 0) is 0 Å². The number of piperidine rings is 1. The Bertz CT molecular complexity index is 1210. The van der Waals surface area contributed by atoms with E-state index in [1.165, 1.54) is 0 Å². The fourth-order valence-electron chi connectivity index (χ4n) is 5.54. The Labute approximate surface area is 244 Å². The third kappa shape index (κ3) is 6.68. The molecule has 2 amide bonds. The van der Waals surface area contributed by atoms with Crippen LogP contribution in [0.15, 0.2) is 12.1 Å². The van der Waals surface area contributed by atoms with E-state index in [1.807, 2.05) is 4.90 Å². The molecule has 0 bridgehead atoms. The lowest BCUT2D eigenvalue weighted by Gasteiger charge is -2.48. The average Bonchev–Trinajstić information content (AvgIpc) is 2.96. The molecular weight excluding hydrogens is 557 g/mol. The highest BCUT2D eigenvalue weighted by Crippen LogP contribution is 2.30. The summed E-state index contributed by atoms with van der Waals surface area (Å²) >= 11 is 12.5. The van der Waals surface area contributed by atoms with Crippen LogP contribution in [0, 0.1) is 0 Å². The van der Waals surface area contributed by atoms with Gasteiger partial charge in [-0.1, -0.05) is 36.5 Å². The third-order valence-electron chi connectivity index (χ3n) is 7.47. The Balaban J connectivity index is 1.41. The van der Waals surface area contributed by atoms with Crippen LogP contribution in [-0.4, -0.2) is 107 Å². The maximum Gasteiger partial charge on any atom is 0.273 e. The van der Waals surface area contributed by atoms with Crippen LogP contribution in [0.1, 0.15) is 53.5 Å². The molecule has 0 radical (unpaired) electrons. The first-order valence-electron chi connectivity index (χ1n) is 13.6. The van der Waals surface area contributed by atoms with Gasteiger partial charge in [-0.2, -0.15) is 0 Å². The van der Waals surface area contributed by atoms with Gasteiger partial charge in [0.25, 0.3) is 11.8 Å². The Morgan fingerprint density at radius 2 is 1.88 bits per heavy atom. The SMILES string of the molecule is CCC[C@H]1CN(c2nc(N)c(C(=O)NCCO)nc2Cl)CCN1C1CCN(C(=O)c2ccc(Cl)nc2NC)CC1. The molecule has 0 spiro atoms. The summed E-state index contributed by atoms with van der Waals surface area (Å²) in [6, 6.07) is 4.00. The van der Waals surface area contributed by atoms with E-state index in [0.717, 1.165) is 32.2 Å². The van der Waals surface area contributed by atoms with Gasteiger partial charge in [0.15, 0.2) is 22.5 Å². The van der Waals surface area contributed by atoms with Gasteiger partial charge in [-0.15, -0.1) is 0 Å². The first kappa shape index (κ1) is 30.0. The number of hydrogen-bond donors (Lipinski definition) is 4. The maximum absolute atomic E-state index is 13.2. The van der Waals surface area contributed by atoms with Crippen molar-refractivity contribution < 1.29 is 14.7 Å². The minimum atomic E-state index is -0.527. The molecule has 2 aliphatic heterocycles. The van der Waals surface area contributed by atoms with E-state index < -0.39 is 5.91 Å². The molecule has 2 aromatic rings. The normalized spacial score (nSPS) is 18.6. The fourth-order valence-corrected chi connectivity index (χ4v) is 5.94. The first-order chi connectivity index (χ1) is 19.3. The average molecular weight is 595 g/mol. The Morgan fingerprint density at radius 1 is 1.12 bits per heavy atom. The second kappa shape index (κ2) is 13.6. The van der Waals surface area contributed by atoms with Gasteiger partial charge in [-0.25, -0.2) is 15.0 Å². The first-order valence-corrected chi connectivity index (χ1v) is 14.4. The number of nitrogens with zero attached hydrogens (tertiary/aromatic N) is 6. The number of rotatable bonds is 9. The topological polar surface area (TPSA) is 153 Å². The lowest BCUT2D eigenvalue weighted by molar-refractivity contribution is 0.0481. The summed E-state index contributed by atoms with van der Waals surface area (Å²) in [5, 5.41) is 14.9. The molecule has 0 aliphatic carbocycles. The number of halogens is 2. The quantitative estimate of drug-likeness (QED) is 0.318. The van der Waals surface area contributed by atoms with Gasteiger partial charge in [0, 0.05) is 58.4 Å².